The summed E-state index contributed by atoms with van der Waals surface area (Å²) in [5.74, 6) is 0.837. The number of esters is 1. The van der Waals surface area contributed by atoms with Crippen molar-refractivity contribution in [2.75, 3.05) is 13.2 Å². The Morgan fingerprint density at radius 1 is 1.07 bits per heavy atom. The smallest absolute Gasteiger partial charge is 0.336 e. The minimum absolute atomic E-state index is 0.0160. The number of benzene rings is 2. The molecule has 6 heteroatoms. The molecule has 0 aliphatic carbocycles. The van der Waals surface area contributed by atoms with Crippen molar-refractivity contribution in [2.24, 2.45) is 0 Å². The Morgan fingerprint density at radius 3 is 2.72 bits per heavy atom. The van der Waals surface area contributed by atoms with Crippen LogP contribution in [0.1, 0.15) is 23.6 Å². The maximum Gasteiger partial charge on any atom is 0.336 e. The summed E-state index contributed by atoms with van der Waals surface area (Å²) in [5.41, 5.74) is 2.50. The van der Waals surface area contributed by atoms with Crippen LogP contribution in [0.25, 0.3) is 17.0 Å². The second-order valence-electron chi connectivity index (χ2n) is 6.62. The number of ether oxygens (including phenoxy) is 3. The second kappa shape index (κ2) is 8.22. The van der Waals surface area contributed by atoms with Crippen LogP contribution in [-0.4, -0.2) is 19.2 Å². The van der Waals surface area contributed by atoms with Crippen LogP contribution in [0, 0.1) is 0 Å². The van der Waals surface area contributed by atoms with Gasteiger partial charge in [0.25, 0.3) is 0 Å². The molecule has 148 valence electrons. The minimum Gasteiger partial charge on any atom is -0.486 e. The van der Waals surface area contributed by atoms with Gasteiger partial charge in [0.05, 0.1) is 0 Å². The molecule has 0 amide bonds. The first-order valence-electron chi connectivity index (χ1n) is 9.42. The molecule has 2 heterocycles. The average molecular weight is 392 g/mol. The standard InChI is InChI=1S/C23H20O6/c1-2-15-3-6-18-17(13-23(25)29-20(18)11-15)14-28-22(24)8-5-16-4-7-19-21(12-16)27-10-9-26-19/h3-8,11-13H,2,9-10,14H2,1H3/b8-5+. The van der Waals surface area contributed by atoms with Gasteiger partial charge in [0.1, 0.15) is 25.4 Å². The van der Waals surface area contributed by atoms with Crippen LogP contribution in [0.5, 0.6) is 11.5 Å². The first kappa shape index (κ1) is 18.8. The van der Waals surface area contributed by atoms with Gasteiger partial charge in [-0.05, 0) is 41.8 Å². The number of hydrogen-bond acceptors (Lipinski definition) is 6. The van der Waals surface area contributed by atoms with E-state index in [-0.39, 0.29) is 6.61 Å². The first-order chi connectivity index (χ1) is 14.1. The molecule has 0 spiro atoms. The fourth-order valence-electron chi connectivity index (χ4n) is 3.14. The molecule has 0 fully saturated rings. The molecule has 1 aliphatic heterocycles. The summed E-state index contributed by atoms with van der Waals surface area (Å²) >= 11 is 0. The molecule has 29 heavy (non-hydrogen) atoms. The lowest BCUT2D eigenvalue weighted by Gasteiger charge is -2.18. The quantitative estimate of drug-likeness (QED) is 0.373. The maximum absolute atomic E-state index is 12.1. The number of rotatable bonds is 5. The van der Waals surface area contributed by atoms with Gasteiger partial charge in [-0.2, -0.15) is 0 Å². The lowest BCUT2D eigenvalue weighted by atomic mass is 10.1. The summed E-state index contributed by atoms with van der Waals surface area (Å²) < 4.78 is 21.6. The van der Waals surface area contributed by atoms with E-state index < -0.39 is 11.6 Å². The van der Waals surface area contributed by atoms with Crippen molar-refractivity contribution in [3.8, 4) is 11.5 Å². The second-order valence-corrected chi connectivity index (χ2v) is 6.62. The highest BCUT2D eigenvalue weighted by molar-refractivity contribution is 5.87. The molecule has 3 aromatic rings. The summed E-state index contributed by atoms with van der Waals surface area (Å²) in [6.45, 7) is 3.04. The molecule has 0 atom stereocenters. The van der Waals surface area contributed by atoms with Gasteiger partial charge in [-0.3, -0.25) is 0 Å². The zero-order chi connectivity index (χ0) is 20.2. The molecule has 0 unspecified atom stereocenters. The van der Waals surface area contributed by atoms with Gasteiger partial charge in [-0.25, -0.2) is 9.59 Å². The normalized spacial score (nSPS) is 13.0. The highest BCUT2D eigenvalue weighted by Crippen LogP contribution is 2.31. The third-order valence-corrected chi connectivity index (χ3v) is 4.65. The third-order valence-electron chi connectivity index (χ3n) is 4.65. The van der Waals surface area contributed by atoms with Crippen molar-refractivity contribution >= 4 is 23.0 Å². The fraction of sp³-hybridized carbons (Fsp3) is 0.217. The fourth-order valence-corrected chi connectivity index (χ4v) is 3.14. The summed E-state index contributed by atoms with van der Waals surface area (Å²) in [5, 5.41) is 0.755. The van der Waals surface area contributed by atoms with E-state index in [1.165, 1.54) is 12.1 Å². The van der Waals surface area contributed by atoms with Gasteiger partial charge in [0, 0.05) is 23.1 Å². The molecular weight excluding hydrogens is 372 g/mol. The molecular formula is C23H20O6. The van der Waals surface area contributed by atoms with E-state index >= 15 is 0 Å². The maximum atomic E-state index is 12.1. The Labute approximate surface area is 167 Å². The Hall–Kier alpha value is -3.54. The van der Waals surface area contributed by atoms with Crippen molar-refractivity contribution in [3.05, 3.63) is 75.7 Å². The molecule has 1 aromatic heterocycles. The molecule has 0 bridgehead atoms. The molecule has 6 nitrogen and oxygen atoms in total. The Morgan fingerprint density at radius 2 is 1.90 bits per heavy atom. The van der Waals surface area contributed by atoms with Gasteiger partial charge in [-0.1, -0.05) is 25.1 Å². The van der Waals surface area contributed by atoms with Gasteiger partial charge >= 0.3 is 11.6 Å². The number of aryl methyl sites for hydroxylation is 1. The topological polar surface area (TPSA) is 75.0 Å². The van der Waals surface area contributed by atoms with E-state index in [1.807, 2.05) is 31.2 Å². The zero-order valence-corrected chi connectivity index (χ0v) is 16.0. The molecule has 2 aromatic carbocycles. The number of carbonyl (C=O) groups is 1. The van der Waals surface area contributed by atoms with Gasteiger partial charge in [-0.15, -0.1) is 0 Å². The van der Waals surface area contributed by atoms with Crippen LogP contribution in [-0.2, 0) is 22.6 Å². The summed E-state index contributed by atoms with van der Waals surface area (Å²) in [4.78, 5) is 24.0. The Kier molecular flexibility index (Phi) is 5.33. The Balaban J connectivity index is 1.46. The van der Waals surface area contributed by atoms with Crippen molar-refractivity contribution in [1.82, 2.24) is 0 Å². The number of hydrogen-bond donors (Lipinski definition) is 0. The molecule has 0 N–H and O–H groups in total. The van der Waals surface area contributed by atoms with Crippen molar-refractivity contribution < 1.29 is 23.4 Å². The van der Waals surface area contributed by atoms with Crippen LogP contribution in [0.2, 0.25) is 0 Å². The van der Waals surface area contributed by atoms with Crippen molar-refractivity contribution in [3.63, 3.8) is 0 Å². The predicted octanol–water partition coefficient (Wildman–Crippen LogP) is 3.88. The van der Waals surface area contributed by atoms with Crippen LogP contribution < -0.4 is 15.1 Å². The van der Waals surface area contributed by atoms with Crippen LogP contribution in [0.3, 0.4) is 0 Å². The first-order valence-corrected chi connectivity index (χ1v) is 9.42. The van der Waals surface area contributed by atoms with Crippen molar-refractivity contribution in [2.45, 2.75) is 20.0 Å². The summed E-state index contributed by atoms with van der Waals surface area (Å²) in [6.07, 6.45) is 3.82. The lowest BCUT2D eigenvalue weighted by Crippen LogP contribution is -2.15. The number of carbonyl (C=O) groups excluding carboxylic acids is 1. The van der Waals surface area contributed by atoms with Gasteiger partial charge < -0.3 is 18.6 Å². The monoisotopic (exact) mass is 392 g/mol. The highest BCUT2D eigenvalue weighted by atomic mass is 16.6. The van der Waals surface area contributed by atoms with Gasteiger partial charge in [0.15, 0.2) is 11.5 Å². The van der Waals surface area contributed by atoms with E-state index in [0.29, 0.717) is 35.9 Å². The van der Waals surface area contributed by atoms with E-state index in [1.54, 1.807) is 18.2 Å². The van der Waals surface area contributed by atoms with E-state index in [0.717, 1.165) is 22.9 Å². The highest BCUT2D eigenvalue weighted by Gasteiger charge is 2.11. The van der Waals surface area contributed by atoms with E-state index in [4.69, 9.17) is 18.6 Å². The molecule has 4 rings (SSSR count). The van der Waals surface area contributed by atoms with Crippen LogP contribution >= 0.6 is 0 Å². The lowest BCUT2D eigenvalue weighted by molar-refractivity contribution is -0.138. The zero-order valence-electron chi connectivity index (χ0n) is 16.0. The predicted molar refractivity (Wildman–Crippen MR) is 108 cm³/mol. The molecule has 1 aliphatic rings. The Bertz CT molecular complexity index is 1140. The van der Waals surface area contributed by atoms with Crippen LogP contribution in [0.15, 0.2) is 57.8 Å². The van der Waals surface area contributed by atoms with Crippen LogP contribution in [0.4, 0.5) is 0 Å². The third kappa shape index (κ3) is 4.32. The number of fused-ring (bicyclic) bond motifs is 2. The molecule has 0 saturated heterocycles. The van der Waals surface area contributed by atoms with E-state index in [9.17, 15) is 9.59 Å². The average Bonchev–Trinajstić information content (AvgIpc) is 2.75. The van der Waals surface area contributed by atoms with Gasteiger partial charge in [0.2, 0.25) is 0 Å². The summed E-state index contributed by atoms with van der Waals surface area (Å²) in [7, 11) is 0. The molecule has 0 radical (unpaired) electrons. The largest absolute Gasteiger partial charge is 0.486 e. The molecule has 0 saturated carbocycles. The summed E-state index contributed by atoms with van der Waals surface area (Å²) in [6, 6.07) is 12.5. The SMILES string of the molecule is CCc1ccc2c(COC(=O)/C=C/c3ccc4c(c3)OCCO4)cc(=O)oc2c1. The van der Waals surface area contributed by atoms with E-state index in [2.05, 4.69) is 0 Å². The minimum atomic E-state index is -0.508. The van der Waals surface area contributed by atoms with Crippen molar-refractivity contribution in [1.29, 1.82) is 0 Å².